The maximum absolute atomic E-state index is 11.3. The predicted molar refractivity (Wildman–Crippen MR) is 56.1 cm³/mol. The summed E-state index contributed by atoms with van der Waals surface area (Å²) in [6, 6.07) is 6.17. The van der Waals surface area contributed by atoms with Gasteiger partial charge in [-0.15, -0.1) is 0 Å². The molecule has 0 fully saturated rings. The number of carbonyl (C=O) groups excluding carboxylic acids is 1. The van der Waals surface area contributed by atoms with E-state index in [1.807, 2.05) is 0 Å². The van der Waals surface area contributed by atoms with Crippen molar-refractivity contribution in [2.75, 3.05) is 13.2 Å². The van der Waals surface area contributed by atoms with Crippen molar-refractivity contribution in [1.82, 2.24) is 0 Å². The lowest BCUT2D eigenvalue weighted by molar-refractivity contribution is -0.000297. The highest BCUT2D eigenvalue weighted by atomic mass is 16.6. The first kappa shape index (κ1) is 12.5. The number of aliphatic hydroxyl groups excluding tert-OH is 2. The molecule has 0 aromatic heterocycles. The summed E-state index contributed by atoms with van der Waals surface area (Å²) < 4.78 is 9.71. The largest absolute Gasteiger partial charge is 0.465 e. The molecule has 0 aliphatic carbocycles. The number of benzene rings is 1. The Hall–Kier alpha value is -1.59. The van der Waals surface area contributed by atoms with Crippen LogP contribution in [0.15, 0.2) is 24.3 Å². The number of ether oxygens (including phenoxy) is 2. The van der Waals surface area contributed by atoms with Crippen molar-refractivity contribution in [2.45, 2.75) is 13.2 Å². The van der Waals surface area contributed by atoms with Crippen LogP contribution in [0.5, 0.6) is 5.75 Å². The van der Waals surface area contributed by atoms with Gasteiger partial charge in [-0.1, -0.05) is 0 Å². The molecule has 1 aromatic rings. The van der Waals surface area contributed by atoms with E-state index in [1.54, 1.807) is 12.1 Å². The van der Waals surface area contributed by atoms with Crippen LogP contribution in [0.3, 0.4) is 0 Å². The monoisotopic (exact) mass is 226 g/mol. The summed E-state index contributed by atoms with van der Waals surface area (Å²) in [5.74, 6) is -0.0358. The van der Waals surface area contributed by atoms with Gasteiger partial charge in [0.2, 0.25) is 0 Å². The third-order valence-electron chi connectivity index (χ3n) is 1.72. The molecule has 1 rings (SSSR count). The molecule has 5 nitrogen and oxygen atoms in total. The lowest BCUT2D eigenvalue weighted by Gasteiger charge is -2.08. The Labute approximate surface area is 93.2 Å². The van der Waals surface area contributed by atoms with Gasteiger partial charge in [0.1, 0.15) is 12.4 Å². The van der Waals surface area contributed by atoms with E-state index in [0.29, 0.717) is 11.3 Å². The van der Waals surface area contributed by atoms with E-state index in [-0.39, 0.29) is 13.2 Å². The minimum absolute atomic E-state index is 0.0231. The first-order valence-electron chi connectivity index (χ1n) is 4.86. The minimum Gasteiger partial charge on any atom is -0.465 e. The van der Waals surface area contributed by atoms with Crippen molar-refractivity contribution in [3.63, 3.8) is 0 Å². The van der Waals surface area contributed by atoms with E-state index in [9.17, 15) is 4.79 Å². The summed E-state index contributed by atoms with van der Waals surface area (Å²) in [5, 5.41) is 17.4. The molecule has 2 N–H and O–H groups in total. The van der Waals surface area contributed by atoms with E-state index < -0.39 is 12.3 Å². The number of hydrogen-bond acceptors (Lipinski definition) is 5. The maximum Gasteiger partial charge on any atom is 0.338 e. The normalized spacial score (nSPS) is 11.9. The fraction of sp³-hybridized carbons (Fsp3) is 0.364. The van der Waals surface area contributed by atoms with E-state index in [1.165, 1.54) is 19.1 Å². The van der Waals surface area contributed by atoms with Crippen LogP contribution < -0.4 is 4.74 Å². The van der Waals surface area contributed by atoms with Crippen molar-refractivity contribution in [3.8, 4) is 5.75 Å². The molecular weight excluding hydrogens is 212 g/mol. The Kier molecular flexibility index (Phi) is 4.75. The van der Waals surface area contributed by atoms with Gasteiger partial charge in [0.15, 0.2) is 6.29 Å². The summed E-state index contributed by atoms with van der Waals surface area (Å²) in [6.45, 7) is 1.27. The molecule has 1 atom stereocenters. The van der Waals surface area contributed by atoms with Gasteiger partial charge in [-0.3, -0.25) is 0 Å². The zero-order chi connectivity index (χ0) is 12.0. The van der Waals surface area contributed by atoms with Gasteiger partial charge in [-0.25, -0.2) is 4.79 Å². The third kappa shape index (κ3) is 3.88. The van der Waals surface area contributed by atoms with Crippen LogP contribution in [-0.2, 0) is 4.74 Å². The molecule has 1 unspecified atom stereocenters. The first-order valence-corrected chi connectivity index (χ1v) is 4.86. The zero-order valence-corrected chi connectivity index (χ0v) is 8.92. The summed E-state index contributed by atoms with van der Waals surface area (Å²) in [7, 11) is 0. The van der Waals surface area contributed by atoms with Crippen LogP contribution in [0, 0.1) is 0 Å². The van der Waals surface area contributed by atoms with Gasteiger partial charge in [0, 0.05) is 0 Å². The highest BCUT2D eigenvalue weighted by Gasteiger charge is 2.07. The molecule has 0 bridgehead atoms. The summed E-state index contributed by atoms with van der Waals surface area (Å²) >= 11 is 0. The number of carbonyl (C=O) groups is 1. The molecule has 0 spiro atoms. The molecule has 0 aliphatic rings. The fourth-order valence-electron chi connectivity index (χ4n) is 1.09. The average Bonchev–Trinajstić information content (AvgIpc) is 2.26. The Morgan fingerprint density at radius 2 is 2.00 bits per heavy atom. The topological polar surface area (TPSA) is 76.0 Å². The van der Waals surface area contributed by atoms with Crippen LogP contribution in [-0.4, -0.2) is 35.7 Å². The zero-order valence-electron chi connectivity index (χ0n) is 8.92. The summed E-state index contributed by atoms with van der Waals surface area (Å²) in [4.78, 5) is 11.3. The molecule has 5 heteroatoms. The molecule has 88 valence electrons. The van der Waals surface area contributed by atoms with Gasteiger partial charge < -0.3 is 19.7 Å². The fourth-order valence-corrected chi connectivity index (χ4v) is 1.09. The molecule has 16 heavy (non-hydrogen) atoms. The molecular formula is C11H14O5. The van der Waals surface area contributed by atoms with E-state index in [2.05, 4.69) is 0 Å². The lowest BCUT2D eigenvalue weighted by Crippen LogP contribution is -2.10. The molecule has 0 amide bonds. The number of esters is 1. The van der Waals surface area contributed by atoms with Gasteiger partial charge in [-0.2, -0.15) is 0 Å². The minimum atomic E-state index is -0.896. The second-order valence-corrected chi connectivity index (χ2v) is 3.10. The Morgan fingerprint density at radius 3 is 2.50 bits per heavy atom. The Balaban J connectivity index is 2.60. The summed E-state index contributed by atoms with van der Waals surface area (Å²) in [6.07, 6.45) is -0.896. The number of aliphatic hydroxyl groups is 2. The second-order valence-electron chi connectivity index (χ2n) is 3.10. The van der Waals surface area contributed by atoms with Gasteiger partial charge in [0.05, 0.1) is 12.2 Å². The van der Waals surface area contributed by atoms with Crippen molar-refractivity contribution < 1.29 is 24.5 Å². The molecule has 0 aliphatic heterocycles. The Morgan fingerprint density at radius 1 is 1.38 bits per heavy atom. The molecule has 0 saturated carbocycles. The lowest BCUT2D eigenvalue weighted by atomic mass is 10.2. The van der Waals surface area contributed by atoms with Gasteiger partial charge >= 0.3 is 5.97 Å². The summed E-state index contributed by atoms with van der Waals surface area (Å²) in [5.41, 5.74) is 0.367. The first-order chi connectivity index (χ1) is 7.63. The van der Waals surface area contributed by atoms with Crippen LogP contribution in [0.2, 0.25) is 0 Å². The van der Waals surface area contributed by atoms with Crippen LogP contribution >= 0.6 is 0 Å². The maximum atomic E-state index is 11.3. The van der Waals surface area contributed by atoms with Crippen molar-refractivity contribution in [2.24, 2.45) is 0 Å². The van der Waals surface area contributed by atoms with E-state index in [4.69, 9.17) is 19.7 Å². The average molecular weight is 226 g/mol. The molecule has 1 aromatic carbocycles. The van der Waals surface area contributed by atoms with Gasteiger partial charge in [0.25, 0.3) is 0 Å². The highest BCUT2D eigenvalue weighted by molar-refractivity contribution is 5.89. The van der Waals surface area contributed by atoms with Crippen LogP contribution in [0.4, 0.5) is 0 Å². The van der Waals surface area contributed by atoms with Crippen molar-refractivity contribution in [3.05, 3.63) is 29.8 Å². The van der Waals surface area contributed by atoms with Gasteiger partial charge in [-0.05, 0) is 31.2 Å². The smallest absolute Gasteiger partial charge is 0.338 e. The van der Waals surface area contributed by atoms with E-state index >= 15 is 0 Å². The molecule has 0 heterocycles. The quantitative estimate of drug-likeness (QED) is 0.566. The van der Waals surface area contributed by atoms with E-state index in [0.717, 1.165) is 0 Å². The van der Waals surface area contributed by atoms with Crippen LogP contribution in [0.25, 0.3) is 0 Å². The third-order valence-corrected chi connectivity index (χ3v) is 1.72. The van der Waals surface area contributed by atoms with Crippen molar-refractivity contribution >= 4 is 5.97 Å². The highest BCUT2D eigenvalue weighted by Crippen LogP contribution is 2.13. The second kappa shape index (κ2) is 6.09. The molecule has 0 saturated heterocycles. The SMILES string of the molecule is CC(O)Oc1ccc(C(=O)OCCO)cc1. The van der Waals surface area contributed by atoms with Crippen molar-refractivity contribution in [1.29, 1.82) is 0 Å². The number of hydrogen-bond donors (Lipinski definition) is 2. The standard InChI is InChI=1S/C11H14O5/c1-8(13)16-10-4-2-9(3-5-10)11(14)15-7-6-12/h2-5,8,12-13H,6-7H2,1H3. The van der Waals surface area contributed by atoms with Crippen LogP contribution in [0.1, 0.15) is 17.3 Å². The predicted octanol–water partition coefficient (Wildman–Crippen LogP) is 0.553. The Bertz CT molecular complexity index is 331. The number of rotatable bonds is 5. The molecule has 0 radical (unpaired) electrons.